The number of hydrogen-bond acceptors (Lipinski definition) is 3. The fourth-order valence-corrected chi connectivity index (χ4v) is 1.20. The van der Waals surface area contributed by atoms with Crippen LogP contribution in [-0.2, 0) is 0 Å². The fourth-order valence-electron chi connectivity index (χ4n) is 0.865. The first-order chi connectivity index (χ1) is 6.02. The SMILES string of the molecule is NC(=S)c1cc(Cl)ccc1[N+](=O)[O-]. The largest absolute Gasteiger partial charge is 0.389 e. The van der Waals surface area contributed by atoms with Crippen molar-refractivity contribution >= 4 is 34.5 Å². The molecule has 68 valence electrons. The summed E-state index contributed by atoms with van der Waals surface area (Å²) in [5, 5.41) is 10.9. The van der Waals surface area contributed by atoms with E-state index in [4.69, 9.17) is 17.3 Å². The molecule has 1 rings (SSSR count). The van der Waals surface area contributed by atoms with Crippen molar-refractivity contribution in [1.82, 2.24) is 0 Å². The zero-order valence-electron chi connectivity index (χ0n) is 6.36. The molecule has 0 fully saturated rings. The van der Waals surface area contributed by atoms with Gasteiger partial charge in [-0.3, -0.25) is 10.1 Å². The lowest BCUT2D eigenvalue weighted by Gasteiger charge is -2.00. The minimum Gasteiger partial charge on any atom is -0.389 e. The van der Waals surface area contributed by atoms with Crippen LogP contribution < -0.4 is 5.73 Å². The smallest absolute Gasteiger partial charge is 0.279 e. The van der Waals surface area contributed by atoms with E-state index in [2.05, 4.69) is 12.2 Å². The molecule has 1 aromatic rings. The molecule has 4 nitrogen and oxygen atoms in total. The second-order valence-electron chi connectivity index (χ2n) is 2.28. The molecule has 0 aliphatic heterocycles. The Kier molecular flexibility index (Phi) is 2.79. The number of nitro benzene ring substituents is 1. The van der Waals surface area contributed by atoms with Crippen LogP contribution in [0.4, 0.5) is 5.69 Å². The predicted molar refractivity (Wildman–Crippen MR) is 54.0 cm³/mol. The number of benzene rings is 1. The maximum absolute atomic E-state index is 10.5. The number of rotatable bonds is 2. The summed E-state index contributed by atoms with van der Waals surface area (Å²) in [4.78, 5) is 9.90. The highest BCUT2D eigenvalue weighted by Crippen LogP contribution is 2.22. The molecule has 2 N–H and O–H groups in total. The molecule has 0 saturated heterocycles. The number of nitrogens with zero attached hydrogens (tertiary/aromatic N) is 1. The molecule has 0 aliphatic carbocycles. The highest BCUT2D eigenvalue weighted by atomic mass is 35.5. The molecule has 13 heavy (non-hydrogen) atoms. The Balaban J connectivity index is 3.35. The van der Waals surface area contributed by atoms with Crippen molar-refractivity contribution in [3.63, 3.8) is 0 Å². The number of nitrogens with two attached hydrogens (primary N) is 1. The van der Waals surface area contributed by atoms with E-state index in [1.807, 2.05) is 0 Å². The van der Waals surface area contributed by atoms with Gasteiger partial charge in [-0.05, 0) is 12.1 Å². The highest BCUT2D eigenvalue weighted by molar-refractivity contribution is 7.80. The average Bonchev–Trinajstić information content (AvgIpc) is 2.03. The van der Waals surface area contributed by atoms with Crippen molar-refractivity contribution in [3.8, 4) is 0 Å². The van der Waals surface area contributed by atoms with E-state index in [9.17, 15) is 10.1 Å². The first kappa shape index (κ1) is 9.88. The summed E-state index contributed by atoms with van der Waals surface area (Å²) in [7, 11) is 0. The monoisotopic (exact) mass is 216 g/mol. The third-order valence-corrected chi connectivity index (χ3v) is 1.88. The minimum atomic E-state index is -0.551. The van der Waals surface area contributed by atoms with Crippen molar-refractivity contribution < 1.29 is 4.92 Å². The fraction of sp³-hybridized carbons (Fsp3) is 0. The van der Waals surface area contributed by atoms with E-state index in [-0.39, 0.29) is 16.2 Å². The number of hydrogen-bond donors (Lipinski definition) is 1. The summed E-state index contributed by atoms with van der Waals surface area (Å²) in [5.74, 6) is 0. The Morgan fingerprint density at radius 3 is 2.69 bits per heavy atom. The van der Waals surface area contributed by atoms with Crippen LogP contribution >= 0.6 is 23.8 Å². The van der Waals surface area contributed by atoms with Gasteiger partial charge in [-0.15, -0.1) is 0 Å². The van der Waals surface area contributed by atoms with Gasteiger partial charge in [0.1, 0.15) is 4.99 Å². The third-order valence-electron chi connectivity index (χ3n) is 1.42. The van der Waals surface area contributed by atoms with E-state index in [1.165, 1.54) is 18.2 Å². The molecule has 1 aromatic carbocycles. The van der Waals surface area contributed by atoms with Crippen LogP contribution in [-0.4, -0.2) is 9.91 Å². The molecule has 0 atom stereocenters. The van der Waals surface area contributed by atoms with Crippen LogP contribution in [0.25, 0.3) is 0 Å². The van der Waals surface area contributed by atoms with Crippen LogP contribution in [0, 0.1) is 10.1 Å². The Hall–Kier alpha value is -1.20. The quantitative estimate of drug-likeness (QED) is 0.466. The Labute approximate surface area is 84.5 Å². The maximum atomic E-state index is 10.5. The zero-order valence-corrected chi connectivity index (χ0v) is 7.93. The topological polar surface area (TPSA) is 69.2 Å². The lowest BCUT2D eigenvalue weighted by atomic mass is 10.2. The summed E-state index contributed by atoms with van der Waals surface area (Å²) in [6, 6.07) is 4.07. The number of halogens is 1. The third kappa shape index (κ3) is 2.13. The van der Waals surface area contributed by atoms with Crippen LogP contribution in [0.2, 0.25) is 5.02 Å². The van der Waals surface area contributed by atoms with E-state index < -0.39 is 4.92 Å². The van der Waals surface area contributed by atoms with Gasteiger partial charge in [0.25, 0.3) is 5.69 Å². The number of nitro groups is 1. The van der Waals surface area contributed by atoms with Crippen LogP contribution in [0.15, 0.2) is 18.2 Å². The van der Waals surface area contributed by atoms with Gasteiger partial charge in [0.15, 0.2) is 0 Å². The lowest BCUT2D eigenvalue weighted by Crippen LogP contribution is -2.11. The second kappa shape index (κ2) is 3.68. The summed E-state index contributed by atoms with van der Waals surface area (Å²) in [5.41, 5.74) is 5.35. The van der Waals surface area contributed by atoms with Gasteiger partial charge in [0.2, 0.25) is 0 Å². The standard InChI is InChI=1S/C7H5ClN2O2S/c8-4-1-2-6(10(11)12)5(3-4)7(9)13/h1-3H,(H2,9,13). The van der Waals surface area contributed by atoms with Crippen LogP contribution in [0.5, 0.6) is 0 Å². The molecule has 0 saturated carbocycles. The molecule has 0 bridgehead atoms. The van der Waals surface area contributed by atoms with Crippen molar-refractivity contribution in [2.45, 2.75) is 0 Å². The molecule has 0 spiro atoms. The van der Waals surface area contributed by atoms with Gasteiger partial charge in [-0.25, -0.2) is 0 Å². The first-order valence-corrected chi connectivity index (χ1v) is 4.04. The summed E-state index contributed by atoms with van der Waals surface area (Å²) < 4.78 is 0. The molecular weight excluding hydrogens is 212 g/mol. The molecule has 0 aliphatic rings. The minimum absolute atomic E-state index is 0.0331. The van der Waals surface area contributed by atoms with Crippen molar-refractivity contribution in [1.29, 1.82) is 0 Å². The molecule has 6 heteroatoms. The van der Waals surface area contributed by atoms with Crippen molar-refractivity contribution in [2.24, 2.45) is 5.73 Å². The van der Waals surface area contributed by atoms with E-state index >= 15 is 0 Å². The predicted octanol–water partition coefficient (Wildman–Crippen LogP) is 1.88. The maximum Gasteiger partial charge on any atom is 0.279 e. The summed E-state index contributed by atoms with van der Waals surface area (Å²) in [6.07, 6.45) is 0. The number of thiocarbonyl (C=S) groups is 1. The van der Waals surface area contributed by atoms with Crippen molar-refractivity contribution in [2.75, 3.05) is 0 Å². The second-order valence-corrected chi connectivity index (χ2v) is 3.16. The Morgan fingerprint density at radius 1 is 1.62 bits per heavy atom. The summed E-state index contributed by atoms with van der Waals surface area (Å²) in [6.45, 7) is 0. The van der Waals surface area contributed by atoms with Crippen molar-refractivity contribution in [3.05, 3.63) is 38.9 Å². The molecule has 0 aromatic heterocycles. The van der Waals surface area contributed by atoms with Gasteiger partial charge in [0, 0.05) is 11.1 Å². The highest BCUT2D eigenvalue weighted by Gasteiger charge is 2.15. The van der Waals surface area contributed by atoms with Gasteiger partial charge in [0.05, 0.1) is 10.5 Å². The van der Waals surface area contributed by atoms with Gasteiger partial charge >= 0.3 is 0 Å². The first-order valence-electron chi connectivity index (χ1n) is 3.26. The van der Waals surface area contributed by atoms with Gasteiger partial charge in [-0.1, -0.05) is 23.8 Å². The van der Waals surface area contributed by atoms with Gasteiger partial charge in [-0.2, -0.15) is 0 Å². The molecule has 0 amide bonds. The van der Waals surface area contributed by atoms with Gasteiger partial charge < -0.3 is 5.73 Å². The Morgan fingerprint density at radius 2 is 2.23 bits per heavy atom. The Bertz CT molecular complexity index is 381. The zero-order chi connectivity index (χ0) is 10.0. The van der Waals surface area contributed by atoms with E-state index in [1.54, 1.807) is 0 Å². The summed E-state index contributed by atoms with van der Waals surface area (Å²) >= 11 is 10.3. The molecule has 0 unspecified atom stereocenters. The normalized spacial score (nSPS) is 9.62. The van der Waals surface area contributed by atoms with E-state index in [0.29, 0.717) is 5.02 Å². The van der Waals surface area contributed by atoms with Crippen LogP contribution in [0.3, 0.4) is 0 Å². The van der Waals surface area contributed by atoms with Crippen LogP contribution in [0.1, 0.15) is 5.56 Å². The molecule has 0 radical (unpaired) electrons. The molecule has 0 heterocycles. The average molecular weight is 217 g/mol. The molecular formula is C7H5ClN2O2S. The van der Waals surface area contributed by atoms with E-state index in [0.717, 1.165) is 0 Å². The lowest BCUT2D eigenvalue weighted by molar-refractivity contribution is -0.385.